The Morgan fingerprint density at radius 2 is 1.63 bits per heavy atom. The van der Waals surface area contributed by atoms with E-state index >= 15 is 0 Å². The van der Waals surface area contributed by atoms with Gasteiger partial charge in [0.25, 0.3) is 0 Å². The first-order chi connectivity index (χ1) is 12.5. The molecule has 0 saturated carbocycles. The van der Waals surface area contributed by atoms with E-state index in [2.05, 4.69) is 30.8 Å². The Kier molecular flexibility index (Phi) is 6.44. The minimum Gasteiger partial charge on any atom is -0.326 e. The Morgan fingerprint density at radius 3 is 2.22 bits per heavy atom. The zero-order valence-corrected chi connectivity index (χ0v) is 17.4. The number of benzene rings is 2. The zero-order chi connectivity index (χ0) is 20.2. The van der Waals surface area contributed by atoms with Gasteiger partial charge in [-0.15, -0.1) is 0 Å². The lowest BCUT2D eigenvalue weighted by molar-refractivity contribution is -0.116. The van der Waals surface area contributed by atoms with Crippen LogP contribution in [0.3, 0.4) is 0 Å². The van der Waals surface area contributed by atoms with Gasteiger partial charge >= 0.3 is 0 Å². The van der Waals surface area contributed by atoms with Crippen LogP contribution in [-0.2, 0) is 20.2 Å². The third-order valence-corrected chi connectivity index (χ3v) is 5.82. The van der Waals surface area contributed by atoms with Crippen molar-refractivity contribution < 1.29 is 13.2 Å². The third-order valence-electron chi connectivity index (χ3n) is 4.34. The van der Waals surface area contributed by atoms with Gasteiger partial charge in [0.05, 0.1) is 4.90 Å². The summed E-state index contributed by atoms with van der Waals surface area (Å²) in [4.78, 5) is 12.3. The molecule has 0 aliphatic carbocycles. The second kappa shape index (κ2) is 8.23. The fourth-order valence-electron chi connectivity index (χ4n) is 2.60. The van der Waals surface area contributed by atoms with Crippen LogP contribution in [0, 0.1) is 13.8 Å². The number of anilines is 1. The highest BCUT2D eigenvalue weighted by molar-refractivity contribution is 7.89. The summed E-state index contributed by atoms with van der Waals surface area (Å²) >= 11 is 0. The number of carbonyl (C=O) groups is 1. The van der Waals surface area contributed by atoms with Gasteiger partial charge in [0.1, 0.15) is 0 Å². The van der Waals surface area contributed by atoms with E-state index in [0.717, 1.165) is 22.4 Å². The fourth-order valence-corrected chi connectivity index (χ4v) is 3.63. The van der Waals surface area contributed by atoms with Gasteiger partial charge in [-0.3, -0.25) is 4.79 Å². The smallest absolute Gasteiger partial charge is 0.240 e. The molecule has 0 bridgehead atoms. The highest BCUT2D eigenvalue weighted by Crippen LogP contribution is 2.23. The van der Waals surface area contributed by atoms with E-state index in [9.17, 15) is 13.2 Å². The van der Waals surface area contributed by atoms with Crippen molar-refractivity contribution in [2.75, 3.05) is 11.9 Å². The largest absolute Gasteiger partial charge is 0.326 e. The normalized spacial score (nSPS) is 12.0. The molecule has 0 aromatic heterocycles. The monoisotopic (exact) mass is 388 g/mol. The van der Waals surface area contributed by atoms with E-state index in [1.54, 1.807) is 12.1 Å². The minimum absolute atomic E-state index is 0.0399. The molecule has 2 rings (SSSR count). The highest BCUT2D eigenvalue weighted by Gasteiger charge is 2.17. The van der Waals surface area contributed by atoms with E-state index in [1.165, 1.54) is 0 Å². The van der Waals surface area contributed by atoms with Gasteiger partial charge in [-0.2, -0.15) is 0 Å². The summed E-state index contributed by atoms with van der Waals surface area (Å²) in [6, 6.07) is 12.6. The molecular weight excluding hydrogens is 360 g/mol. The average Bonchev–Trinajstić information content (AvgIpc) is 2.57. The predicted octanol–water partition coefficient (Wildman–Crippen LogP) is 3.91. The number of amides is 1. The number of rotatable bonds is 6. The standard InChI is InChI=1S/C21H28N2O3S/c1-15-6-7-16(2)19(14-15)23-20(24)12-13-22-27(25,26)18-10-8-17(9-11-18)21(3,4)5/h6-11,14,22H,12-13H2,1-5H3,(H,23,24). The van der Waals surface area contributed by atoms with Crippen LogP contribution in [0.25, 0.3) is 0 Å². The van der Waals surface area contributed by atoms with Gasteiger partial charge in [-0.05, 0) is 54.2 Å². The molecule has 0 spiro atoms. The molecule has 0 atom stereocenters. The maximum atomic E-state index is 12.4. The number of carbonyl (C=O) groups excluding carboxylic acids is 1. The average molecular weight is 389 g/mol. The Bertz CT molecular complexity index is 911. The topological polar surface area (TPSA) is 75.3 Å². The summed E-state index contributed by atoms with van der Waals surface area (Å²) in [5.41, 5.74) is 3.79. The van der Waals surface area contributed by atoms with Crippen molar-refractivity contribution in [3.63, 3.8) is 0 Å². The lowest BCUT2D eigenvalue weighted by Crippen LogP contribution is -2.28. The first-order valence-electron chi connectivity index (χ1n) is 8.96. The van der Waals surface area contributed by atoms with Crippen LogP contribution >= 0.6 is 0 Å². The van der Waals surface area contributed by atoms with E-state index in [4.69, 9.17) is 0 Å². The zero-order valence-electron chi connectivity index (χ0n) is 16.6. The number of nitrogens with one attached hydrogen (secondary N) is 2. The van der Waals surface area contributed by atoms with Crippen LogP contribution in [0.1, 0.15) is 43.9 Å². The SMILES string of the molecule is Cc1ccc(C)c(NC(=O)CCNS(=O)(=O)c2ccc(C(C)(C)C)cc2)c1. The molecule has 0 fully saturated rings. The summed E-state index contributed by atoms with van der Waals surface area (Å²) in [6.07, 6.45) is 0.0622. The summed E-state index contributed by atoms with van der Waals surface area (Å²) < 4.78 is 27.3. The van der Waals surface area contributed by atoms with Crippen molar-refractivity contribution in [1.29, 1.82) is 0 Å². The molecule has 0 radical (unpaired) electrons. The Labute approximate surface area is 162 Å². The van der Waals surface area contributed by atoms with Gasteiger partial charge in [0.15, 0.2) is 0 Å². The molecule has 0 saturated heterocycles. The molecule has 146 valence electrons. The van der Waals surface area contributed by atoms with E-state index in [1.807, 2.05) is 44.2 Å². The number of hydrogen-bond donors (Lipinski definition) is 2. The predicted molar refractivity (Wildman–Crippen MR) is 109 cm³/mol. The van der Waals surface area contributed by atoms with Crippen molar-refractivity contribution in [2.24, 2.45) is 0 Å². The fraction of sp³-hybridized carbons (Fsp3) is 0.381. The molecule has 6 heteroatoms. The van der Waals surface area contributed by atoms with Crippen LogP contribution in [0.15, 0.2) is 47.4 Å². The van der Waals surface area contributed by atoms with Crippen molar-refractivity contribution in [2.45, 2.75) is 51.3 Å². The molecule has 2 aromatic rings. The van der Waals surface area contributed by atoms with Gasteiger partial charge < -0.3 is 5.32 Å². The molecule has 0 aliphatic rings. The van der Waals surface area contributed by atoms with Crippen LogP contribution in [-0.4, -0.2) is 20.9 Å². The van der Waals surface area contributed by atoms with Crippen molar-refractivity contribution in [3.05, 3.63) is 59.2 Å². The summed E-state index contributed by atoms with van der Waals surface area (Å²) in [6.45, 7) is 10.1. The minimum atomic E-state index is -3.64. The molecular formula is C21H28N2O3S. The second-order valence-electron chi connectivity index (χ2n) is 7.79. The van der Waals surface area contributed by atoms with Crippen molar-refractivity contribution >= 4 is 21.6 Å². The summed E-state index contributed by atoms with van der Waals surface area (Å²) in [5, 5.41) is 2.83. The second-order valence-corrected chi connectivity index (χ2v) is 9.56. The molecule has 2 aromatic carbocycles. The quantitative estimate of drug-likeness (QED) is 0.788. The third kappa shape index (κ3) is 5.91. The Morgan fingerprint density at radius 1 is 1.00 bits per heavy atom. The number of sulfonamides is 1. The molecule has 27 heavy (non-hydrogen) atoms. The van der Waals surface area contributed by atoms with E-state index in [0.29, 0.717) is 0 Å². The summed E-state index contributed by atoms with van der Waals surface area (Å²) in [7, 11) is -3.64. The molecule has 2 N–H and O–H groups in total. The molecule has 0 unspecified atom stereocenters. The van der Waals surface area contributed by atoms with Crippen molar-refractivity contribution in [3.8, 4) is 0 Å². The van der Waals surface area contributed by atoms with Crippen LogP contribution in [0.2, 0.25) is 0 Å². The van der Waals surface area contributed by atoms with Gasteiger partial charge in [0.2, 0.25) is 15.9 Å². The first-order valence-corrected chi connectivity index (χ1v) is 10.4. The number of aryl methyl sites for hydroxylation is 2. The van der Waals surface area contributed by atoms with Gasteiger partial charge in [-0.1, -0.05) is 45.0 Å². The summed E-state index contributed by atoms with van der Waals surface area (Å²) in [5.74, 6) is -0.227. The van der Waals surface area contributed by atoms with Crippen LogP contribution < -0.4 is 10.0 Å². The number of hydrogen-bond acceptors (Lipinski definition) is 3. The highest BCUT2D eigenvalue weighted by atomic mass is 32.2. The Balaban J connectivity index is 1.93. The molecule has 1 amide bonds. The maximum Gasteiger partial charge on any atom is 0.240 e. The lowest BCUT2D eigenvalue weighted by Gasteiger charge is -2.19. The maximum absolute atomic E-state index is 12.4. The van der Waals surface area contributed by atoms with E-state index < -0.39 is 10.0 Å². The lowest BCUT2D eigenvalue weighted by atomic mass is 9.87. The Hall–Kier alpha value is -2.18. The molecule has 5 nitrogen and oxygen atoms in total. The van der Waals surface area contributed by atoms with E-state index in [-0.39, 0.29) is 29.2 Å². The van der Waals surface area contributed by atoms with Crippen LogP contribution in [0.5, 0.6) is 0 Å². The molecule has 0 heterocycles. The van der Waals surface area contributed by atoms with Crippen molar-refractivity contribution in [1.82, 2.24) is 4.72 Å². The van der Waals surface area contributed by atoms with Gasteiger partial charge in [-0.25, -0.2) is 13.1 Å². The van der Waals surface area contributed by atoms with Crippen LogP contribution in [0.4, 0.5) is 5.69 Å². The first kappa shape index (κ1) is 21.1. The molecule has 0 aliphatic heterocycles. The van der Waals surface area contributed by atoms with Gasteiger partial charge in [0, 0.05) is 18.7 Å².